The molecule has 0 aliphatic carbocycles. The van der Waals surface area contributed by atoms with Crippen molar-refractivity contribution in [3.63, 3.8) is 0 Å². The summed E-state index contributed by atoms with van der Waals surface area (Å²) in [5.74, 6) is -0.842. The van der Waals surface area contributed by atoms with Gasteiger partial charge in [0.1, 0.15) is 31.0 Å². The van der Waals surface area contributed by atoms with Crippen molar-refractivity contribution in [2.75, 3.05) is 19.8 Å². The molecule has 0 radical (unpaired) electrons. The zero-order chi connectivity index (χ0) is 40.2. The first-order valence-electron chi connectivity index (χ1n) is 21.7. The van der Waals surface area contributed by atoms with Crippen LogP contribution in [0.4, 0.5) is 0 Å². The number of carbonyl (C=O) groups is 2. The maximum atomic E-state index is 12.7. The fourth-order valence-corrected chi connectivity index (χ4v) is 6.19. The van der Waals surface area contributed by atoms with Crippen molar-refractivity contribution in [2.45, 2.75) is 205 Å². The molecule has 1 aliphatic heterocycles. The van der Waals surface area contributed by atoms with E-state index in [0.29, 0.717) is 12.8 Å². The number of hydrogen-bond donors (Lipinski definition) is 4. The molecule has 318 valence electrons. The molecule has 1 unspecified atom stereocenters. The number of carbonyl (C=O) groups excluding carboxylic acids is 2. The fraction of sp³-hybridized carbons (Fsp3) is 0.778. The second-order valence-electron chi connectivity index (χ2n) is 14.8. The van der Waals surface area contributed by atoms with Crippen LogP contribution in [-0.2, 0) is 28.5 Å². The average Bonchev–Trinajstić information content (AvgIpc) is 3.18. The molecule has 4 N–H and O–H groups in total. The number of hydrogen-bond acceptors (Lipinski definition) is 10. The molecule has 0 aromatic carbocycles. The summed E-state index contributed by atoms with van der Waals surface area (Å²) < 4.78 is 22.1. The highest BCUT2D eigenvalue weighted by Gasteiger charge is 2.44. The first kappa shape index (κ1) is 50.7. The summed E-state index contributed by atoms with van der Waals surface area (Å²) in [4.78, 5) is 25.3. The van der Waals surface area contributed by atoms with Crippen LogP contribution in [0.3, 0.4) is 0 Å². The number of aliphatic hydroxyl groups excluding tert-OH is 4. The predicted molar refractivity (Wildman–Crippen MR) is 219 cm³/mol. The van der Waals surface area contributed by atoms with E-state index in [1.165, 1.54) is 44.9 Å². The third-order valence-electron chi connectivity index (χ3n) is 9.69. The van der Waals surface area contributed by atoms with Crippen molar-refractivity contribution in [1.29, 1.82) is 0 Å². The van der Waals surface area contributed by atoms with Crippen LogP contribution in [-0.4, -0.2) is 89.0 Å². The van der Waals surface area contributed by atoms with Crippen LogP contribution in [0.5, 0.6) is 0 Å². The summed E-state index contributed by atoms with van der Waals surface area (Å²) in [5.41, 5.74) is 0. The topological polar surface area (TPSA) is 152 Å². The van der Waals surface area contributed by atoms with E-state index in [1.807, 2.05) is 0 Å². The lowest BCUT2D eigenvalue weighted by atomic mass is 9.99. The Bertz CT molecular complexity index is 1040. The van der Waals surface area contributed by atoms with Crippen LogP contribution in [0.1, 0.15) is 168 Å². The lowest BCUT2D eigenvalue weighted by Crippen LogP contribution is -2.59. The molecule has 1 saturated heterocycles. The van der Waals surface area contributed by atoms with Gasteiger partial charge in [-0.25, -0.2) is 0 Å². The highest BCUT2D eigenvalue weighted by Crippen LogP contribution is 2.22. The molecule has 0 aromatic heterocycles. The minimum Gasteiger partial charge on any atom is -0.462 e. The van der Waals surface area contributed by atoms with Crippen LogP contribution in [0.2, 0.25) is 0 Å². The van der Waals surface area contributed by atoms with Gasteiger partial charge in [-0.3, -0.25) is 9.59 Å². The molecule has 1 heterocycles. The first-order chi connectivity index (χ1) is 26.8. The largest absolute Gasteiger partial charge is 0.462 e. The van der Waals surface area contributed by atoms with Crippen molar-refractivity contribution >= 4 is 11.9 Å². The summed E-state index contributed by atoms with van der Waals surface area (Å²) in [5, 5.41) is 40.0. The van der Waals surface area contributed by atoms with Gasteiger partial charge in [0, 0.05) is 12.8 Å². The van der Waals surface area contributed by atoms with Gasteiger partial charge in [0.25, 0.3) is 0 Å². The van der Waals surface area contributed by atoms with E-state index in [0.717, 1.165) is 83.5 Å². The monoisotopic (exact) mass is 779 g/mol. The molecule has 10 nitrogen and oxygen atoms in total. The van der Waals surface area contributed by atoms with E-state index < -0.39 is 55.4 Å². The molecule has 0 spiro atoms. The number of aliphatic hydroxyl groups is 4. The van der Waals surface area contributed by atoms with Crippen LogP contribution < -0.4 is 0 Å². The Balaban J connectivity index is 2.38. The predicted octanol–water partition coefficient (Wildman–Crippen LogP) is 8.88. The molecule has 0 saturated carbocycles. The number of rotatable bonds is 35. The van der Waals surface area contributed by atoms with Gasteiger partial charge >= 0.3 is 11.9 Å². The quantitative estimate of drug-likeness (QED) is 0.0279. The van der Waals surface area contributed by atoms with Gasteiger partial charge in [0.15, 0.2) is 12.4 Å². The second-order valence-corrected chi connectivity index (χ2v) is 14.8. The fourth-order valence-electron chi connectivity index (χ4n) is 6.19. The Morgan fingerprint density at radius 2 is 1.02 bits per heavy atom. The minimum absolute atomic E-state index is 0.209. The molecule has 6 atom stereocenters. The summed E-state index contributed by atoms with van der Waals surface area (Å²) in [6.45, 7) is 3.33. The summed E-state index contributed by atoms with van der Waals surface area (Å²) in [6, 6.07) is 0. The van der Waals surface area contributed by atoms with E-state index in [9.17, 15) is 30.0 Å². The molecule has 1 fully saturated rings. The Kier molecular flexibility index (Phi) is 33.2. The molecule has 10 heteroatoms. The smallest absolute Gasteiger partial charge is 0.306 e. The standard InChI is InChI=1S/C45H78O10/c1-3-5-7-9-11-13-15-17-19-21-23-25-27-29-31-33-40(47)52-36-38(37-53-45-44(51)43(50)42(49)39(35-46)55-45)54-41(48)34-32-30-28-26-24-22-20-18-16-14-12-10-8-6-4-2/h11-14,17-20,38-39,42-46,49-51H,3-10,15-16,21-37H2,1-2H3/b13-11-,14-12-,19-17-,20-18-/t38?,39-,42+,43+,44+,45-/m1/s1. The summed E-state index contributed by atoms with van der Waals surface area (Å²) in [7, 11) is 0. The zero-order valence-electron chi connectivity index (χ0n) is 34.4. The highest BCUT2D eigenvalue weighted by molar-refractivity contribution is 5.70. The Hall–Kier alpha value is -2.34. The maximum Gasteiger partial charge on any atom is 0.306 e. The van der Waals surface area contributed by atoms with Gasteiger partial charge in [-0.1, -0.05) is 127 Å². The number of esters is 2. The molecule has 0 bridgehead atoms. The molecule has 1 aliphatic rings. The van der Waals surface area contributed by atoms with Crippen LogP contribution >= 0.6 is 0 Å². The van der Waals surface area contributed by atoms with Crippen molar-refractivity contribution in [2.24, 2.45) is 0 Å². The minimum atomic E-state index is -1.60. The Labute approximate surface area is 333 Å². The van der Waals surface area contributed by atoms with Gasteiger partial charge in [-0.2, -0.15) is 0 Å². The highest BCUT2D eigenvalue weighted by atomic mass is 16.7. The van der Waals surface area contributed by atoms with Crippen molar-refractivity contribution in [1.82, 2.24) is 0 Å². The van der Waals surface area contributed by atoms with Crippen LogP contribution in [0.15, 0.2) is 48.6 Å². The lowest BCUT2D eigenvalue weighted by molar-refractivity contribution is -0.305. The normalized spacial score (nSPS) is 21.0. The molecular weight excluding hydrogens is 700 g/mol. The molecule has 0 aromatic rings. The molecule has 1 rings (SSSR count). The van der Waals surface area contributed by atoms with E-state index in [2.05, 4.69) is 62.5 Å². The van der Waals surface area contributed by atoms with Gasteiger partial charge in [-0.05, 0) is 77.0 Å². The van der Waals surface area contributed by atoms with Crippen molar-refractivity contribution < 1.29 is 49.0 Å². The van der Waals surface area contributed by atoms with Crippen LogP contribution in [0, 0.1) is 0 Å². The number of unbranched alkanes of at least 4 members (excludes halogenated alkanes) is 16. The van der Waals surface area contributed by atoms with E-state index in [4.69, 9.17) is 18.9 Å². The Morgan fingerprint density at radius 3 is 1.51 bits per heavy atom. The summed E-state index contributed by atoms with van der Waals surface area (Å²) in [6.07, 6.45) is 33.9. The first-order valence-corrected chi connectivity index (χ1v) is 21.7. The zero-order valence-corrected chi connectivity index (χ0v) is 34.4. The van der Waals surface area contributed by atoms with Crippen LogP contribution in [0.25, 0.3) is 0 Å². The van der Waals surface area contributed by atoms with E-state index in [-0.39, 0.29) is 26.1 Å². The lowest BCUT2D eigenvalue weighted by Gasteiger charge is -2.39. The molecular formula is C45H78O10. The maximum absolute atomic E-state index is 12.7. The molecule has 55 heavy (non-hydrogen) atoms. The Morgan fingerprint density at radius 1 is 0.564 bits per heavy atom. The van der Waals surface area contributed by atoms with Crippen molar-refractivity contribution in [3.8, 4) is 0 Å². The van der Waals surface area contributed by atoms with E-state index in [1.54, 1.807) is 0 Å². The number of allylic oxidation sites excluding steroid dienone is 8. The second kappa shape index (κ2) is 36.0. The van der Waals surface area contributed by atoms with Gasteiger partial charge < -0.3 is 39.4 Å². The van der Waals surface area contributed by atoms with Gasteiger partial charge in [0.05, 0.1) is 13.2 Å². The average molecular weight is 779 g/mol. The van der Waals surface area contributed by atoms with Gasteiger partial charge in [0.2, 0.25) is 0 Å². The SMILES string of the molecule is CCCCC/C=C\C/C=C\CCCCCCCC(=O)OCC(CO[C@@H]1O[C@H](CO)[C@H](O)[C@H](O)[C@@H]1O)OC(=O)CCCCCCC/C=C\C/C=C\CCCCC. The molecule has 0 amide bonds. The van der Waals surface area contributed by atoms with Crippen molar-refractivity contribution in [3.05, 3.63) is 48.6 Å². The van der Waals surface area contributed by atoms with Gasteiger partial charge in [-0.15, -0.1) is 0 Å². The third-order valence-corrected chi connectivity index (χ3v) is 9.69. The third kappa shape index (κ3) is 27.8. The van der Waals surface area contributed by atoms with E-state index >= 15 is 0 Å². The summed E-state index contributed by atoms with van der Waals surface area (Å²) >= 11 is 0. The number of ether oxygens (including phenoxy) is 4.